The van der Waals surface area contributed by atoms with E-state index in [1.54, 1.807) is 6.20 Å². The summed E-state index contributed by atoms with van der Waals surface area (Å²) in [5.41, 5.74) is 1.49. The van der Waals surface area contributed by atoms with Crippen molar-refractivity contribution in [3.8, 4) is 0 Å². The van der Waals surface area contributed by atoms with Gasteiger partial charge in [0.25, 0.3) is 0 Å². The number of halogens is 1. The fourth-order valence-electron chi connectivity index (χ4n) is 3.19. The van der Waals surface area contributed by atoms with Gasteiger partial charge in [-0.2, -0.15) is 4.98 Å². The van der Waals surface area contributed by atoms with Gasteiger partial charge in [-0.15, -0.1) is 0 Å². The predicted octanol–water partition coefficient (Wildman–Crippen LogP) is 4.18. The Labute approximate surface area is 196 Å². The van der Waals surface area contributed by atoms with Crippen LogP contribution in [0.5, 0.6) is 0 Å². The average Bonchev–Trinajstić information content (AvgIpc) is 3.31. The molecule has 10 heteroatoms. The zero-order valence-electron chi connectivity index (χ0n) is 18.4. The maximum Gasteiger partial charge on any atom is 0.321 e. The molecule has 0 bridgehead atoms. The molecule has 1 saturated heterocycles. The summed E-state index contributed by atoms with van der Waals surface area (Å²) in [7, 11) is 0. The van der Waals surface area contributed by atoms with E-state index in [0.717, 1.165) is 42.5 Å². The molecule has 172 valence electrons. The highest BCUT2D eigenvalue weighted by Crippen LogP contribution is 2.23. The number of benzene rings is 1. The van der Waals surface area contributed by atoms with Gasteiger partial charge >= 0.3 is 6.03 Å². The largest absolute Gasteiger partial charge is 0.369 e. The van der Waals surface area contributed by atoms with Crippen molar-refractivity contribution in [2.45, 2.75) is 33.1 Å². The quantitative estimate of drug-likeness (QED) is 0.382. The van der Waals surface area contributed by atoms with E-state index < -0.39 is 0 Å². The summed E-state index contributed by atoms with van der Waals surface area (Å²) in [6, 6.07) is 7.39. The van der Waals surface area contributed by atoms with Crippen LogP contribution in [0.4, 0.5) is 27.9 Å². The van der Waals surface area contributed by atoms with Crippen LogP contribution >= 0.6 is 15.9 Å². The van der Waals surface area contributed by atoms with Gasteiger partial charge in [0.1, 0.15) is 5.82 Å². The second kappa shape index (κ2) is 11.7. The number of rotatable bonds is 9. The summed E-state index contributed by atoms with van der Waals surface area (Å²) in [6.45, 7) is 6.61. The molecule has 3 amide bonds. The minimum Gasteiger partial charge on any atom is -0.369 e. The van der Waals surface area contributed by atoms with E-state index in [4.69, 9.17) is 0 Å². The molecule has 32 heavy (non-hydrogen) atoms. The van der Waals surface area contributed by atoms with Crippen molar-refractivity contribution < 1.29 is 9.59 Å². The maximum atomic E-state index is 12.3. The number of carbonyl (C=O) groups excluding carboxylic acids is 2. The lowest BCUT2D eigenvalue weighted by atomic mass is 10.2. The van der Waals surface area contributed by atoms with Crippen molar-refractivity contribution in [3.63, 3.8) is 0 Å². The summed E-state index contributed by atoms with van der Waals surface area (Å²) in [5, 5.41) is 12.3. The first-order chi connectivity index (χ1) is 15.4. The normalized spacial score (nSPS) is 13.2. The standard InChI is InChI=1S/C22H30BrN7O2/c1-15(2)20(31)25-10-6-9-24-19-18(23)14-26-21(29-19)27-16-7-5-8-17(13-16)28-22(32)30-11-3-4-12-30/h5,7-8,13-15H,3-4,6,9-12H2,1-2H3,(H,25,31)(H,28,32)(H2,24,26,27,29). The highest BCUT2D eigenvalue weighted by molar-refractivity contribution is 9.10. The third-order valence-corrected chi connectivity index (χ3v) is 5.56. The van der Waals surface area contributed by atoms with Crippen molar-refractivity contribution in [3.05, 3.63) is 34.9 Å². The van der Waals surface area contributed by atoms with E-state index in [1.165, 1.54) is 0 Å². The second-order valence-electron chi connectivity index (χ2n) is 7.95. The first-order valence-electron chi connectivity index (χ1n) is 10.9. The maximum absolute atomic E-state index is 12.3. The van der Waals surface area contributed by atoms with Crippen molar-refractivity contribution in [1.82, 2.24) is 20.2 Å². The Kier molecular flexibility index (Phi) is 8.66. The Morgan fingerprint density at radius 2 is 1.91 bits per heavy atom. The smallest absolute Gasteiger partial charge is 0.321 e. The van der Waals surface area contributed by atoms with Crippen LogP contribution in [-0.2, 0) is 4.79 Å². The van der Waals surface area contributed by atoms with Crippen LogP contribution in [0, 0.1) is 5.92 Å². The van der Waals surface area contributed by atoms with Crippen LogP contribution in [0.1, 0.15) is 33.1 Å². The lowest BCUT2D eigenvalue weighted by Crippen LogP contribution is -2.32. The molecule has 9 nitrogen and oxygen atoms in total. The Morgan fingerprint density at radius 3 is 2.66 bits per heavy atom. The zero-order valence-corrected chi connectivity index (χ0v) is 20.0. The molecular formula is C22H30BrN7O2. The van der Waals surface area contributed by atoms with Crippen LogP contribution < -0.4 is 21.3 Å². The molecule has 1 fully saturated rings. The third kappa shape index (κ3) is 7.08. The van der Waals surface area contributed by atoms with Crippen LogP contribution in [0.25, 0.3) is 0 Å². The first-order valence-corrected chi connectivity index (χ1v) is 11.7. The molecule has 1 aromatic carbocycles. The van der Waals surface area contributed by atoms with Crippen LogP contribution in [0.15, 0.2) is 34.9 Å². The van der Waals surface area contributed by atoms with Gasteiger partial charge < -0.3 is 26.2 Å². The number of hydrogen-bond donors (Lipinski definition) is 4. The minimum absolute atomic E-state index is 0.0142. The number of nitrogens with one attached hydrogen (secondary N) is 4. The number of amides is 3. The monoisotopic (exact) mass is 503 g/mol. The second-order valence-corrected chi connectivity index (χ2v) is 8.80. The summed E-state index contributed by atoms with van der Waals surface area (Å²) < 4.78 is 0.751. The molecule has 0 spiro atoms. The molecule has 1 aliphatic heterocycles. The lowest BCUT2D eigenvalue weighted by molar-refractivity contribution is -0.123. The minimum atomic E-state index is -0.0735. The van der Waals surface area contributed by atoms with Crippen LogP contribution in [0.2, 0.25) is 0 Å². The number of anilines is 4. The van der Waals surface area contributed by atoms with Gasteiger partial charge in [-0.05, 0) is 53.4 Å². The van der Waals surface area contributed by atoms with Crippen LogP contribution in [-0.4, -0.2) is 53.0 Å². The topological polar surface area (TPSA) is 111 Å². The van der Waals surface area contributed by atoms with E-state index in [0.29, 0.717) is 30.5 Å². The number of nitrogens with zero attached hydrogens (tertiary/aromatic N) is 3. The van der Waals surface area contributed by atoms with E-state index in [-0.39, 0.29) is 17.9 Å². The summed E-state index contributed by atoms with van der Waals surface area (Å²) >= 11 is 3.46. The molecule has 0 atom stereocenters. The molecule has 2 aromatic rings. The molecule has 2 heterocycles. The number of hydrogen-bond acceptors (Lipinski definition) is 6. The third-order valence-electron chi connectivity index (χ3n) is 4.98. The van der Waals surface area contributed by atoms with E-state index in [1.807, 2.05) is 43.0 Å². The zero-order chi connectivity index (χ0) is 22.9. The van der Waals surface area contributed by atoms with Crippen molar-refractivity contribution >= 4 is 51.0 Å². The molecule has 0 radical (unpaired) electrons. The van der Waals surface area contributed by atoms with Gasteiger partial charge in [-0.25, -0.2) is 9.78 Å². The number of urea groups is 1. The number of carbonyl (C=O) groups is 2. The SMILES string of the molecule is CC(C)C(=O)NCCCNc1nc(Nc2cccc(NC(=O)N3CCCC3)c2)ncc1Br. The summed E-state index contributed by atoms with van der Waals surface area (Å²) in [6.07, 6.45) is 4.56. The highest BCUT2D eigenvalue weighted by Gasteiger charge is 2.17. The first kappa shape index (κ1) is 23.8. The molecule has 3 rings (SSSR count). The van der Waals surface area contributed by atoms with Crippen molar-refractivity contribution in [2.75, 3.05) is 42.1 Å². The Hall–Kier alpha value is -2.88. The molecule has 0 aliphatic carbocycles. The van der Waals surface area contributed by atoms with Gasteiger partial charge in [0.15, 0.2) is 0 Å². The Balaban J connectivity index is 1.53. The van der Waals surface area contributed by atoms with Gasteiger partial charge in [0.2, 0.25) is 11.9 Å². The predicted molar refractivity (Wildman–Crippen MR) is 130 cm³/mol. The fraction of sp³-hybridized carbons (Fsp3) is 0.455. The molecule has 1 aliphatic rings. The molecule has 4 N–H and O–H groups in total. The van der Waals surface area contributed by atoms with E-state index in [9.17, 15) is 9.59 Å². The lowest BCUT2D eigenvalue weighted by Gasteiger charge is -2.16. The van der Waals surface area contributed by atoms with E-state index >= 15 is 0 Å². The van der Waals surface area contributed by atoms with Gasteiger partial charge in [0, 0.05) is 49.7 Å². The molecule has 0 unspecified atom stereocenters. The Bertz CT molecular complexity index is 932. The summed E-state index contributed by atoms with van der Waals surface area (Å²) in [5.74, 6) is 1.14. The van der Waals surface area contributed by atoms with Gasteiger partial charge in [-0.3, -0.25) is 4.79 Å². The van der Waals surface area contributed by atoms with Gasteiger partial charge in [0.05, 0.1) is 4.47 Å². The average molecular weight is 504 g/mol. The fourth-order valence-corrected chi connectivity index (χ4v) is 3.52. The van der Waals surface area contributed by atoms with Gasteiger partial charge in [-0.1, -0.05) is 19.9 Å². The van der Waals surface area contributed by atoms with Crippen molar-refractivity contribution in [1.29, 1.82) is 0 Å². The molecule has 1 aromatic heterocycles. The number of likely N-dealkylation sites (tertiary alicyclic amines) is 1. The molecule has 0 saturated carbocycles. The van der Waals surface area contributed by atoms with E-state index in [2.05, 4.69) is 47.2 Å². The van der Waals surface area contributed by atoms with Crippen LogP contribution in [0.3, 0.4) is 0 Å². The number of aromatic nitrogens is 2. The summed E-state index contributed by atoms with van der Waals surface area (Å²) in [4.78, 5) is 34.6. The highest BCUT2D eigenvalue weighted by atomic mass is 79.9. The van der Waals surface area contributed by atoms with Crippen molar-refractivity contribution in [2.24, 2.45) is 5.92 Å². The Morgan fingerprint density at radius 1 is 1.16 bits per heavy atom. The molecular weight excluding hydrogens is 474 g/mol.